The number of hydrogen-bond donors (Lipinski definition) is 0. The molecule has 0 saturated heterocycles. The Kier molecular flexibility index (Phi) is 7.69. The molecule has 0 N–H and O–H groups in total. The lowest BCUT2D eigenvalue weighted by Crippen LogP contribution is -2.36. The van der Waals surface area contributed by atoms with Crippen LogP contribution in [0.4, 0.5) is 13.2 Å². The van der Waals surface area contributed by atoms with Crippen molar-refractivity contribution in [3.05, 3.63) is 59.4 Å². The molecule has 2 aromatic rings. The minimum absolute atomic E-state index is 0.0870. The Labute approximate surface area is 162 Å². The first-order chi connectivity index (χ1) is 13.3. The summed E-state index contributed by atoms with van der Waals surface area (Å²) in [6.07, 6.45) is 0. The molecular weight excluding hydrogens is 373 g/mol. The molecule has 0 aromatic heterocycles. The third kappa shape index (κ3) is 6.45. The topological polar surface area (TPSA) is 42.0 Å². The normalized spacial score (nSPS) is 11.0. The molecule has 8 heteroatoms. The first kappa shape index (κ1) is 21.6. The van der Waals surface area contributed by atoms with Gasteiger partial charge in [-0.2, -0.15) is 8.78 Å². The molecule has 0 aliphatic rings. The number of nitrogens with zero attached hydrogens (tertiary/aromatic N) is 2. The van der Waals surface area contributed by atoms with Crippen molar-refractivity contribution in [1.29, 1.82) is 0 Å². The van der Waals surface area contributed by atoms with Gasteiger partial charge in [0.15, 0.2) is 11.6 Å². The van der Waals surface area contributed by atoms with Gasteiger partial charge in [-0.3, -0.25) is 9.69 Å². The molecule has 5 nitrogen and oxygen atoms in total. The fourth-order valence-corrected chi connectivity index (χ4v) is 2.67. The molecule has 28 heavy (non-hydrogen) atoms. The molecule has 0 aliphatic heterocycles. The van der Waals surface area contributed by atoms with Gasteiger partial charge in [0.25, 0.3) is 0 Å². The largest absolute Gasteiger partial charge is 0.494 e. The van der Waals surface area contributed by atoms with Gasteiger partial charge in [-0.05, 0) is 42.4 Å². The predicted molar refractivity (Wildman–Crippen MR) is 98.8 cm³/mol. The van der Waals surface area contributed by atoms with E-state index in [0.29, 0.717) is 12.1 Å². The molecule has 0 spiro atoms. The number of carbonyl (C=O) groups is 1. The summed E-state index contributed by atoms with van der Waals surface area (Å²) in [4.78, 5) is 15.7. The van der Waals surface area contributed by atoms with Crippen molar-refractivity contribution in [3.63, 3.8) is 0 Å². The van der Waals surface area contributed by atoms with Crippen LogP contribution in [0.3, 0.4) is 0 Å². The van der Waals surface area contributed by atoms with E-state index < -0.39 is 12.4 Å². The maximum absolute atomic E-state index is 13.8. The first-order valence-electron chi connectivity index (χ1n) is 8.57. The highest BCUT2D eigenvalue weighted by Gasteiger charge is 2.14. The van der Waals surface area contributed by atoms with E-state index in [1.54, 1.807) is 37.2 Å². The molecule has 1 amide bonds. The summed E-state index contributed by atoms with van der Waals surface area (Å²) in [7, 11) is 4.82. The van der Waals surface area contributed by atoms with E-state index in [2.05, 4.69) is 4.74 Å². The average molecular weight is 396 g/mol. The van der Waals surface area contributed by atoms with Crippen LogP contribution in [0.2, 0.25) is 0 Å². The number of halogens is 3. The monoisotopic (exact) mass is 396 g/mol. The quantitative estimate of drug-likeness (QED) is 0.650. The fraction of sp³-hybridized carbons (Fsp3) is 0.350. The third-order valence-corrected chi connectivity index (χ3v) is 4.07. The third-order valence-electron chi connectivity index (χ3n) is 4.07. The maximum atomic E-state index is 13.8. The van der Waals surface area contributed by atoms with Gasteiger partial charge in [0.2, 0.25) is 5.91 Å². The van der Waals surface area contributed by atoms with Gasteiger partial charge in [-0.1, -0.05) is 18.2 Å². The number of carbonyl (C=O) groups excluding carboxylic acids is 1. The van der Waals surface area contributed by atoms with Crippen molar-refractivity contribution in [2.75, 3.05) is 27.7 Å². The molecule has 0 heterocycles. The second-order valence-electron chi connectivity index (χ2n) is 6.41. The Morgan fingerprint density at radius 2 is 1.68 bits per heavy atom. The highest BCUT2D eigenvalue weighted by Crippen LogP contribution is 2.19. The summed E-state index contributed by atoms with van der Waals surface area (Å²) >= 11 is 0. The number of ether oxygens (including phenoxy) is 2. The van der Waals surface area contributed by atoms with Crippen LogP contribution in [-0.4, -0.2) is 50.1 Å². The van der Waals surface area contributed by atoms with E-state index in [1.807, 2.05) is 0 Å². The van der Waals surface area contributed by atoms with E-state index in [9.17, 15) is 18.0 Å². The molecule has 152 valence electrons. The minimum Gasteiger partial charge on any atom is -0.494 e. The van der Waals surface area contributed by atoms with Gasteiger partial charge in [-0.15, -0.1) is 0 Å². The number of likely N-dealkylation sites (N-methyl/N-ethyl adjacent to an activating group) is 2. The molecule has 0 atom stereocenters. The maximum Gasteiger partial charge on any atom is 0.387 e. The number of amides is 1. The smallest absolute Gasteiger partial charge is 0.387 e. The highest BCUT2D eigenvalue weighted by molar-refractivity contribution is 5.78. The Hall–Kier alpha value is -2.74. The summed E-state index contributed by atoms with van der Waals surface area (Å²) in [5.41, 5.74) is 1.52. The molecule has 2 aromatic carbocycles. The standard InChI is InChI=1S/C20H23F3N2O3/c1-24(11-14-4-7-16(8-5-14)28-20(22)23)13-19(26)25(2)12-15-6-9-18(27-3)17(21)10-15/h4-10,20H,11-13H2,1-3H3. The number of methoxy groups -OCH3 is 1. The summed E-state index contributed by atoms with van der Waals surface area (Å²) in [6, 6.07) is 10.8. The van der Waals surface area contributed by atoms with Gasteiger partial charge in [0.1, 0.15) is 5.75 Å². The number of benzene rings is 2. The van der Waals surface area contributed by atoms with Crippen molar-refractivity contribution in [2.24, 2.45) is 0 Å². The molecule has 0 saturated carbocycles. The Balaban J connectivity index is 1.86. The van der Waals surface area contributed by atoms with Crippen molar-refractivity contribution in [1.82, 2.24) is 9.80 Å². The molecule has 0 bridgehead atoms. The van der Waals surface area contributed by atoms with Crippen molar-refractivity contribution >= 4 is 5.91 Å². The van der Waals surface area contributed by atoms with Crippen molar-refractivity contribution in [2.45, 2.75) is 19.7 Å². The Bertz CT molecular complexity index is 785. The van der Waals surface area contributed by atoms with Crippen molar-refractivity contribution in [3.8, 4) is 11.5 Å². The average Bonchev–Trinajstić information content (AvgIpc) is 2.63. The zero-order valence-corrected chi connectivity index (χ0v) is 16.0. The van der Waals surface area contributed by atoms with Gasteiger partial charge >= 0.3 is 6.61 Å². The molecule has 0 aliphatic carbocycles. The molecule has 0 fully saturated rings. The van der Waals surface area contributed by atoms with Crippen LogP contribution in [-0.2, 0) is 17.9 Å². The number of rotatable bonds is 9. The summed E-state index contributed by atoms with van der Waals surface area (Å²) in [6.45, 7) is -1.97. The zero-order chi connectivity index (χ0) is 20.7. The predicted octanol–water partition coefficient (Wildman–Crippen LogP) is 3.53. The number of alkyl halides is 2. The Morgan fingerprint density at radius 3 is 2.25 bits per heavy atom. The highest BCUT2D eigenvalue weighted by atomic mass is 19.3. The molecule has 2 rings (SSSR count). The molecule has 0 radical (unpaired) electrons. The fourth-order valence-electron chi connectivity index (χ4n) is 2.67. The van der Waals surface area contributed by atoms with Gasteiger partial charge in [0, 0.05) is 20.1 Å². The molecular formula is C20H23F3N2O3. The zero-order valence-electron chi connectivity index (χ0n) is 16.0. The van der Waals surface area contributed by atoms with E-state index in [0.717, 1.165) is 5.56 Å². The summed E-state index contributed by atoms with van der Waals surface area (Å²) in [5, 5.41) is 0. The van der Waals surface area contributed by atoms with Gasteiger partial charge < -0.3 is 14.4 Å². The number of hydrogen-bond acceptors (Lipinski definition) is 4. The van der Waals surface area contributed by atoms with Crippen LogP contribution in [0.5, 0.6) is 11.5 Å². The van der Waals surface area contributed by atoms with Crippen molar-refractivity contribution < 1.29 is 27.4 Å². The second-order valence-corrected chi connectivity index (χ2v) is 6.41. The SMILES string of the molecule is COc1ccc(CN(C)C(=O)CN(C)Cc2ccc(OC(F)F)cc2)cc1F. The van der Waals surface area contributed by atoms with E-state index in [4.69, 9.17) is 4.74 Å². The summed E-state index contributed by atoms with van der Waals surface area (Å²) < 4.78 is 47.3. The van der Waals surface area contributed by atoms with E-state index in [1.165, 1.54) is 36.3 Å². The van der Waals surface area contributed by atoms with Crippen LogP contribution in [0.25, 0.3) is 0 Å². The van der Waals surface area contributed by atoms with Gasteiger partial charge in [-0.25, -0.2) is 4.39 Å². The summed E-state index contributed by atoms with van der Waals surface area (Å²) in [5.74, 6) is -0.361. The van der Waals surface area contributed by atoms with Crippen LogP contribution in [0.15, 0.2) is 42.5 Å². The van der Waals surface area contributed by atoms with Crippen LogP contribution < -0.4 is 9.47 Å². The first-order valence-corrected chi connectivity index (χ1v) is 8.57. The molecule has 0 unspecified atom stereocenters. The van der Waals surface area contributed by atoms with E-state index in [-0.39, 0.29) is 30.5 Å². The lowest BCUT2D eigenvalue weighted by atomic mass is 10.2. The van der Waals surface area contributed by atoms with Gasteiger partial charge in [0.05, 0.1) is 13.7 Å². The minimum atomic E-state index is -2.86. The van der Waals surface area contributed by atoms with Crippen LogP contribution in [0.1, 0.15) is 11.1 Å². The van der Waals surface area contributed by atoms with Crippen LogP contribution in [0, 0.1) is 5.82 Å². The van der Waals surface area contributed by atoms with Crippen LogP contribution >= 0.6 is 0 Å². The lowest BCUT2D eigenvalue weighted by molar-refractivity contribution is -0.131. The Morgan fingerprint density at radius 1 is 1.04 bits per heavy atom. The lowest BCUT2D eigenvalue weighted by Gasteiger charge is -2.22. The van der Waals surface area contributed by atoms with E-state index >= 15 is 0 Å². The second kappa shape index (κ2) is 9.98.